The second-order valence-electron chi connectivity index (χ2n) is 7.37. The Kier molecular flexibility index (Phi) is 5.75. The molecule has 0 amide bonds. The van der Waals surface area contributed by atoms with Crippen molar-refractivity contribution in [3.63, 3.8) is 0 Å². The third-order valence-corrected chi connectivity index (χ3v) is 8.70. The number of benzene rings is 2. The molecule has 32 heavy (non-hydrogen) atoms. The van der Waals surface area contributed by atoms with E-state index < -0.39 is 0 Å². The van der Waals surface area contributed by atoms with Crippen LogP contribution in [0.3, 0.4) is 0 Å². The van der Waals surface area contributed by atoms with Gasteiger partial charge in [-0.2, -0.15) is 4.57 Å². The second kappa shape index (κ2) is 8.69. The molecule has 0 bridgehead atoms. The molecule has 5 rings (SSSR count). The lowest BCUT2D eigenvalue weighted by molar-refractivity contribution is -0.685. The van der Waals surface area contributed by atoms with Crippen LogP contribution in [0.4, 0.5) is 10.1 Å². The van der Waals surface area contributed by atoms with Crippen LogP contribution in [-0.4, -0.2) is 11.6 Å². The van der Waals surface area contributed by atoms with Gasteiger partial charge in [0.1, 0.15) is 20.0 Å². The molecule has 0 saturated heterocycles. The van der Waals surface area contributed by atoms with Crippen LogP contribution in [0.2, 0.25) is 0 Å². The first-order chi connectivity index (χ1) is 15.6. The largest absolute Gasteiger partial charge is 0.334 e. The summed E-state index contributed by atoms with van der Waals surface area (Å²) in [4.78, 5) is 15.9. The highest BCUT2D eigenvalue weighted by molar-refractivity contribution is 8.08. The molecule has 0 aliphatic carbocycles. The summed E-state index contributed by atoms with van der Waals surface area (Å²) in [6, 6.07) is 15.4. The van der Waals surface area contributed by atoms with Crippen molar-refractivity contribution in [3.05, 3.63) is 96.0 Å². The molecule has 4 nitrogen and oxygen atoms in total. The number of hydrogen-bond donors (Lipinski definition) is 0. The molecule has 1 aliphatic heterocycles. The maximum atomic E-state index is 14.4. The van der Waals surface area contributed by atoms with E-state index in [4.69, 9.17) is 0 Å². The van der Waals surface area contributed by atoms with E-state index in [0.717, 1.165) is 26.1 Å². The van der Waals surface area contributed by atoms with Crippen LogP contribution < -0.4 is 24.2 Å². The smallest absolute Gasteiger partial charge is 0.271 e. The lowest BCUT2D eigenvalue weighted by Gasteiger charge is -2.12. The van der Waals surface area contributed by atoms with E-state index in [1.165, 1.54) is 34.7 Å². The highest BCUT2D eigenvalue weighted by Gasteiger charge is 2.27. The highest BCUT2D eigenvalue weighted by atomic mass is 32.2. The molecule has 8 heteroatoms. The number of nitrogens with zero attached hydrogens (tertiary/aromatic N) is 3. The Morgan fingerprint density at radius 3 is 2.69 bits per heavy atom. The number of fused-ring (bicyclic) bond motifs is 1. The van der Waals surface area contributed by atoms with Gasteiger partial charge in [-0.15, -0.1) is 11.3 Å². The summed E-state index contributed by atoms with van der Waals surface area (Å²) in [7, 11) is 1.82. The van der Waals surface area contributed by atoms with Gasteiger partial charge in [0.2, 0.25) is 0 Å². The number of thioether (sulfide) groups is 1. The van der Waals surface area contributed by atoms with Crippen LogP contribution in [0.25, 0.3) is 11.1 Å². The number of hydrogen-bond acceptors (Lipinski definition) is 5. The average molecular weight is 483 g/mol. The van der Waals surface area contributed by atoms with Crippen molar-refractivity contribution in [2.45, 2.75) is 24.9 Å². The van der Waals surface area contributed by atoms with Crippen molar-refractivity contribution in [2.24, 2.45) is 0 Å². The summed E-state index contributed by atoms with van der Waals surface area (Å²) in [6.45, 7) is 3.33. The summed E-state index contributed by atoms with van der Waals surface area (Å²) >= 11 is 4.57. The molecule has 4 aromatic rings. The van der Waals surface area contributed by atoms with Crippen LogP contribution in [0, 0.1) is 5.82 Å². The molecule has 0 unspecified atom stereocenters. The maximum absolute atomic E-state index is 14.4. The van der Waals surface area contributed by atoms with Gasteiger partial charge in [0, 0.05) is 24.1 Å². The molecule has 0 spiro atoms. The summed E-state index contributed by atoms with van der Waals surface area (Å²) < 4.78 is 19.9. The van der Waals surface area contributed by atoms with E-state index >= 15 is 0 Å². The van der Waals surface area contributed by atoms with Gasteiger partial charge in [-0.25, -0.2) is 4.39 Å². The first-order valence-electron chi connectivity index (χ1n) is 10.2. The number of para-hydroxylation sites is 1. The van der Waals surface area contributed by atoms with Gasteiger partial charge in [-0.05, 0) is 19.1 Å². The first-order valence-corrected chi connectivity index (χ1v) is 12.7. The van der Waals surface area contributed by atoms with Crippen LogP contribution in [-0.2, 0) is 13.1 Å². The van der Waals surface area contributed by atoms with Crippen LogP contribution in [0.15, 0.2) is 69.8 Å². The minimum Gasteiger partial charge on any atom is -0.334 e. The van der Waals surface area contributed by atoms with Gasteiger partial charge in [0.05, 0.1) is 17.1 Å². The zero-order valence-electron chi connectivity index (χ0n) is 17.6. The fourth-order valence-corrected chi connectivity index (χ4v) is 7.12. The summed E-state index contributed by atoms with van der Waals surface area (Å²) in [5.41, 5.74) is 1.73. The van der Waals surface area contributed by atoms with E-state index in [-0.39, 0.29) is 11.4 Å². The molecule has 0 N–H and O–H groups in total. The Morgan fingerprint density at radius 2 is 1.94 bits per heavy atom. The van der Waals surface area contributed by atoms with Gasteiger partial charge in [0.25, 0.3) is 10.6 Å². The summed E-state index contributed by atoms with van der Waals surface area (Å²) in [5, 5.41) is 3.92. The lowest BCUT2D eigenvalue weighted by Crippen LogP contribution is -2.36. The Balaban J connectivity index is 1.62. The molecule has 3 heterocycles. The third-order valence-electron chi connectivity index (χ3n) is 5.37. The molecule has 2 aromatic carbocycles. The average Bonchev–Trinajstić information content (AvgIpc) is 3.46. The molecular formula is C24H21FN3OS3+. The third kappa shape index (κ3) is 3.72. The van der Waals surface area contributed by atoms with Gasteiger partial charge in [0.15, 0.2) is 12.7 Å². The van der Waals surface area contributed by atoms with Gasteiger partial charge in [-0.3, -0.25) is 9.36 Å². The van der Waals surface area contributed by atoms with E-state index in [2.05, 4.69) is 34.4 Å². The van der Waals surface area contributed by atoms with Crippen molar-refractivity contribution in [2.75, 3.05) is 11.9 Å². The molecule has 0 atom stereocenters. The second-order valence-corrected chi connectivity index (χ2v) is 10.4. The van der Waals surface area contributed by atoms with Crippen LogP contribution in [0.1, 0.15) is 17.5 Å². The fourth-order valence-electron chi connectivity index (χ4n) is 3.79. The summed E-state index contributed by atoms with van der Waals surface area (Å²) in [5.74, 6) is -0.271. The topological polar surface area (TPSA) is 29.1 Å². The number of anilines is 1. The van der Waals surface area contributed by atoms with Crippen LogP contribution >= 0.6 is 34.4 Å². The van der Waals surface area contributed by atoms with Crippen molar-refractivity contribution in [3.8, 4) is 0 Å². The monoisotopic (exact) mass is 482 g/mol. The van der Waals surface area contributed by atoms with Gasteiger partial charge >= 0.3 is 0 Å². The Bertz CT molecular complexity index is 1470. The Morgan fingerprint density at radius 1 is 1.12 bits per heavy atom. The standard InChI is InChI=1S/C24H21FN3OS3/c1-3-28-20(14-19-27(12-13-30-19)15-16-8-5-4-6-9-16)32-22(23(28)29)24-26(2)21-17(25)10-7-11-18(21)31-24/h4-14H,3,15H2,1-2H3/q+1. The molecule has 1 aliphatic rings. The van der Waals surface area contributed by atoms with Crippen LogP contribution in [0.5, 0.6) is 0 Å². The Hall–Kier alpha value is -2.68. The molecule has 162 valence electrons. The lowest BCUT2D eigenvalue weighted by atomic mass is 10.2. The molecule has 0 radical (unpaired) electrons. The molecule has 0 saturated carbocycles. The maximum Gasteiger partial charge on any atom is 0.271 e. The fraction of sp³-hybridized carbons (Fsp3) is 0.167. The van der Waals surface area contributed by atoms with E-state index in [1.807, 2.05) is 38.2 Å². The van der Waals surface area contributed by atoms with E-state index in [9.17, 15) is 9.18 Å². The zero-order chi connectivity index (χ0) is 22.2. The quantitative estimate of drug-likeness (QED) is 0.416. The zero-order valence-corrected chi connectivity index (χ0v) is 20.1. The number of rotatable bonds is 4. The first kappa shape index (κ1) is 21.2. The van der Waals surface area contributed by atoms with Gasteiger partial charge in [-0.1, -0.05) is 59.5 Å². The normalized spacial score (nSPS) is 15.5. The minimum absolute atomic E-state index is 0.0301. The van der Waals surface area contributed by atoms with E-state index in [0.29, 0.717) is 16.8 Å². The highest BCUT2D eigenvalue weighted by Crippen LogP contribution is 2.46. The number of thiazole rings is 2. The predicted octanol–water partition coefficient (Wildman–Crippen LogP) is 3.60. The van der Waals surface area contributed by atoms with Crippen molar-refractivity contribution < 1.29 is 8.96 Å². The molecular weight excluding hydrogens is 461 g/mol. The number of aromatic nitrogens is 2. The molecule has 0 fully saturated rings. The van der Waals surface area contributed by atoms with Crippen molar-refractivity contribution in [1.82, 2.24) is 4.57 Å². The van der Waals surface area contributed by atoms with Crippen molar-refractivity contribution in [1.29, 1.82) is 0 Å². The van der Waals surface area contributed by atoms with Gasteiger partial charge < -0.3 is 4.90 Å². The van der Waals surface area contributed by atoms with Crippen molar-refractivity contribution >= 4 is 51.2 Å². The SMILES string of the molecule is CCn1c(=Cc2scc[n+]2Cc2ccccc2)sc(=C2Sc3cccc(F)c3N2C)c1=O. The minimum atomic E-state index is -0.271. The summed E-state index contributed by atoms with van der Waals surface area (Å²) in [6.07, 6.45) is 4.15. The predicted molar refractivity (Wildman–Crippen MR) is 131 cm³/mol. The Labute approximate surface area is 197 Å². The number of halogens is 1. The van der Waals surface area contributed by atoms with E-state index in [1.54, 1.807) is 26.9 Å². The molecule has 2 aromatic heterocycles.